The zero-order valence-corrected chi connectivity index (χ0v) is 13.0. The lowest BCUT2D eigenvalue weighted by Gasteiger charge is -2.11. The van der Waals surface area contributed by atoms with E-state index in [4.69, 9.17) is 17.3 Å². The summed E-state index contributed by atoms with van der Waals surface area (Å²) in [6.45, 7) is 1.91. The van der Waals surface area contributed by atoms with Crippen molar-refractivity contribution in [2.45, 2.75) is 19.4 Å². The molecule has 0 bridgehead atoms. The smallest absolute Gasteiger partial charge is 0.0847 e. The molecular weight excluding hydrogens is 290 g/mol. The monoisotopic (exact) mass is 305 g/mol. The molecule has 0 radical (unpaired) electrons. The van der Waals surface area contributed by atoms with Crippen molar-refractivity contribution in [2.24, 2.45) is 12.8 Å². The summed E-state index contributed by atoms with van der Waals surface area (Å²) in [5.41, 5.74) is 9.42. The number of aryl methyl sites for hydroxylation is 2. The van der Waals surface area contributed by atoms with E-state index in [2.05, 4.69) is 28.7 Å². The standard InChI is InChI=1S/C15H16ClN3S/c1-9-15(16)13(19(2)18-9)7-12(17)11-8-20-14-6-4-3-5-10(11)14/h3-6,8,12H,7,17H2,1-2H3. The Morgan fingerprint density at radius 2 is 2.15 bits per heavy atom. The summed E-state index contributed by atoms with van der Waals surface area (Å²) in [4.78, 5) is 0. The lowest BCUT2D eigenvalue weighted by molar-refractivity contribution is 0.643. The minimum absolute atomic E-state index is 0.0709. The maximum atomic E-state index is 6.39. The molecule has 3 rings (SSSR count). The van der Waals surface area contributed by atoms with Crippen LogP contribution in [0.15, 0.2) is 29.6 Å². The summed E-state index contributed by atoms with van der Waals surface area (Å²) in [6, 6.07) is 8.27. The molecule has 2 aromatic heterocycles. The van der Waals surface area contributed by atoms with E-state index in [-0.39, 0.29) is 6.04 Å². The first-order valence-electron chi connectivity index (χ1n) is 6.47. The van der Waals surface area contributed by atoms with Gasteiger partial charge in [-0.3, -0.25) is 4.68 Å². The molecule has 104 valence electrons. The molecule has 0 saturated heterocycles. The molecule has 20 heavy (non-hydrogen) atoms. The predicted octanol–water partition coefficient (Wildman–Crippen LogP) is 3.84. The number of thiophene rings is 1. The first-order chi connectivity index (χ1) is 9.58. The lowest BCUT2D eigenvalue weighted by Crippen LogP contribution is -2.15. The van der Waals surface area contributed by atoms with E-state index in [1.54, 1.807) is 11.3 Å². The van der Waals surface area contributed by atoms with Crippen molar-refractivity contribution < 1.29 is 0 Å². The quantitative estimate of drug-likeness (QED) is 0.799. The number of aromatic nitrogens is 2. The van der Waals surface area contributed by atoms with Crippen molar-refractivity contribution in [1.29, 1.82) is 0 Å². The van der Waals surface area contributed by atoms with Gasteiger partial charge in [-0.05, 0) is 29.3 Å². The number of hydrogen-bond donors (Lipinski definition) is 1. The second kappa shape index (κ2) is 5.20. The number of nitrogens with two attached hydrogens (primary N) is 1. The molecule has 0 aliphatic rings. The Labute approximate surface area is 127 Å². The number of nitrogens with zero attached hydrogens (tertiary/aromatic N) is 2. The first kappa shape index (κ1) is 13.6. The fourth-order valence-electron chi connectivity index (χ4n) is 2.51. The molecule has 2 heterocycles. The Bertz CT molecular complexity index is 760. The van der Waals surface area contributed by atoms with Crippen LogP contribution in [0.4, 0.5) is 0 Å². The molecule has 1 aromatic carbocycles. The van der Waals surface area contributed by atoms with Gasteiger partial charge in [-0.1, -0.05) is 29.8 Å². The van der Waals surface area contributed by atoms with Crippen LogP contribution in [0.1, 0.15) is 23.0 Å². The minimum atomic E-state index is -0.0709. The molecule has 5 heteroatoms. The van der Waals surface area contributed by atoms with Gasteiger partial charge in [0.25, 0.3) is 0 Å². The van der Waals surface area contributed by atoms with Crippen molar-refractivity contribution in [1.82, 2.24) is 9.78 Å². The summed E-state index contributed by atoms with van der Waals surface area (Å²) < 4.78 is 3.09. The van der Waals surface area contributed by atoms with Crippen LogP contribution in [-0.4, -0.2) is 9.78 Å². The van der Waals surface area contributed by atoms with E-state index in [0.717, 1.165) is 16.4 Å². The van der Waals surface area contributed by atoms with Gasteiger partial charge < -0.3 is 5.73 Å². The lowest BCUT2D eigenvalue weighted by atomic mass is 10.0. The van der Waals surface area contributed by atoms with Gasteiger partial charge in [0.2, 0.25) is 0 Å². The third kappa shape index (κ3) is 2.24. The summed E-state index contributed by atoms with van der Waals surface area (Å²) in [7, 11) is 1.91. The van der Waals surface area contributed by atoms with Gasteiger partial charge in [0.15, 0.2) is 0 Å². The van der Waals surface area contributed by atoms with Crippen LogP contribution in [0.2, 0.25) is 5.02 Å². The van der Waals surface area contributed by atoms with Crippen molar-refractivity contribution in [3.8, 4) is 0 Å². The van der Waals surface area contributed by atoms with Crippen LogP contribution in [0.3, 0.4) is 0 Å². The Hall–Kier alpha value is -1.36. The molecule has 1 unspecified atom stereocenters. The maximum Gasteiger partial charge on any atom is 0.0847 e. The van der Waals surface area contributed by atoms with Crippen molar-refractivity contribution in [2.75, 3.05) is 0 Å². The highest BCUT2D eigenvalue weighted by Crippen LogP contribution is 2.32. The zero-order valence-electron chi connectivity index (χ0n) is 11.4. The van der Waals surface area contributed by atoms with Crippen molar-refractivity contribution >= 4 is 33.0 Å². The summed E-state index contributed by atoms with van der Waals surface area (Å²) in [6.07, 6.45) is 0.691. The summed E-state index contributed by atoms with van der Waals surface area (Å²) in [5.74, 6) is 0. The van der Waals surface area contributed by atoms with Crippen LogP contribution in [0, 0.1) is 6.92 Å². The maximum absolute atomic E-state index is 6.39. The van der Waals surface area contributed by atoms with E-state index in [1.165, 1.54) is 15.6 Å². The van der Waals surface area contributed by atoms with E-state index in [1.807, 2.05) is 24.7 Å². The summed E-state index contributed by atoms with van der Waals surface area (Å²) >= 11 is 8.03. The minimum Gasteiger partial charge on any atom is -0.324 e. The van der Waals surface area contributed by atoms with Crippen LogP contribution in [-0.2, 0) is 13.5 Å². The Morgan fingerprint density at radius 3 is 2.85 bits per heavy atom. The molecule has 0 amide bonds. The molecule has 0 spiro atoms. The average molecular weight is 306 g/mol. The molecule has 0 fully saturated rings. The highest BCUT2D eigenvalue weighted by atomic mass is 35.5. The zero-order chi connectivity index (χ0) is 14.3. The van der Waals surface area contributed by atoms with E-state index >= 15 is 0 Å². The molecular formula is C15H16ClN3S. The Kier molecular flexibility index (Phi) is 3.54. The second-order valence-electron chi connectivity index (χ2n) is 4.97. The van der Waals surface area contributed by atoms with Gasteiger partial charge in [-0.25, -0.2) is 0 Å². The molecule has 2 N–H and O–H groups in total. The Morgan fingerprint density at radius 1 is 1.40 bits per heavy atom. The molecule has 1 atom stereocenters. The van der Waals surface area contributed by atoms with Gasteiger partial charge in [0.1, 0.15) is 0 Å². The predicted molar refractivity (Wildman–Crippen MR) is 85.4 cm³/mol. The summed E-state index contributed by atoms with van der Waals surface area (Å²) in [5, 5.41) is 8.45. The Balaban J connectivity index is 1.95. The van der Waals surface area contributed by atoms with E-state index in [0.29, 0.717) is 6.42 Å². The fourth-order valence-corrected chi connectivity index (χ4v) is 3.77. The van der Waals surface area contributed by atoms with Crippen LogP contribution < -0.4 is 5.73 Å². The van der Waals surface area contributed by atoms with Gasteiger partial charge in [-0.2, -0.15) is 5.10 Å². The second-order valence-corrected chi connectivity index (χ2v) is 6.26. The number of benzene rings is 1. The number of fused-ring (bicyclic) bond motifs is 1. The van der Waals surface area contributed by atoms with Gasteiger partial charge in [0, 0.05) is 24.2 Å². The SMILES string of the molecule is Cc1nn(C)c(CC(N)c2csc3ccccc23)c1Cl. The van der Waals surface area contributed by atoms with Gasteiger partial charge in [0.05, 0.1) is 16.4 Å². The fraction of sp³-hybridized carbons (Fsp3) is 0.267. The van der Waals surface area contributed by atoms with Gasteiger partial charge in [-0.15, -0.1) is 11.3 Å². The highest BCUT2D eigenvalue weighted by molar-refractivity contribution is 7.17. The van der Waals surface area contributed by atoms with E-state index < -0.39 is 0 Å². The van der Waals surface area contributed by atoms with Crippen LogP contribution in [0.25, 0.3) is 10.1 Å². The number of halogens is 1. The van der Waals surface area contributed by atoms with E-state index in [9.17, 15) is 0 Å². The average Bonchev–Trinajstić information content (AvgIpc) is 2.96. The molecule has 0 aliphatic carbocycles. The molecule has 0 aliphatic heterocycles. The van der Waals surface area contributed by atoms with Crippen LogP contribution >= 0.6 is 22.9 Å². The topological polar surface area (TPSA) is 43.8 Å². The van der Waals surface area contributed by atoms with Crippen molar-refractivity contribution in [3.05, 3.63) is 51.6 Å². The number of rotatable bonds is 3. The molecule has 0 saturated carbocycles. The molecule has 3 aromatic rings. The van der Waals surface area contributed by atoms with Gasteiger partial charge >= 0.3 is 0 Å². The normalized spacial score (nSPS) is 13.0. The largest absolute Gasteiger partial charge is 0.324 e. The first-order valence-corrected chi connectivity index (χ1v) is 7.73. The third-order valence-corrected chi connectivity index (χ3v) is 5.06. The molecule has 3 nitrogen and oxygen atoms in total. The van der Waals surface area contributed by atoms with Crippen LogP contribution in [0.5, 0.6) is 0 Å². The third-order valence-electron chi connectivity index (χ3n) is 3.59. The van der Waals surface area contributed by atoms with Crippen molar-refractivity contribution in [3.63, 3.8) is 0 Å². The highest BCUT2D eigenvalue weighted by Gasteiger charge is 2.18. The number of hydrogen-bond acceptors (Lipinski definition) is 3.